The molecule has 0 spiro atoms. The summed E-state index contributed by atoms with van der Waals surface area (Å²) in [4.78, 5) is 11.4. The largest absolute Gasteiger partial charge is 0.496 e. The molecule has 0 saturated carbocycles. The Hall–Kier alpha value is -1.59. The highest BCUT2D eigenvalue weighted by Crippen LogP contribution is 2.21. The fourth-order valence-corrected chi connectivity index (χ4v) is 1.40. The van der Waals surface area contributed by atoms with E-state index in [1.165, 1.54) is 0 Å². The predicted octanol–water partition coefficient (Wildman–Crippen LogP) is 0.917. The first kappa shape index (κ1) is 13.5. The summed E-state index contributed by atoms with van der Waals surface area (Å²) in [5.74, 6) is 0.602. The highest BCUT2D eigenvalue weighted by molar-refractivity contribution is 5.91. The van der Waals surface area contributed by atoms with Crippen molar-refractivity contribution in [2.45, 2.75) is 6.92 Å². The zero-order valence-corrected chi connectivity index (χ0v) is 10.2. The van der Waals surface area contributed by atoms with Crippen LogP contribution in [0.1, 0.15) is 5.56 Å². The standard InChI is InChI=1S/C12H18N2O3/c1-9-7-10(3-4-11(9)16-2)14-12(15)8-17-6-5-13/h3-4,7H,5-6,8,13H2,1-2H3,(H,14,15). The molecule has 0 atom stereocenters. The summed E-state index contributed by atoms with van der Waals surface area (Å²) < 4.78 is 10.2. The molecule has 5 heteroatoms. The first-order chi connectivity index (χ1) is 8.17. The molecule has 0 aliphatic heterocycles. The molecule has 0 aliphatic carbocycles. The second-order valence-electron chi connectivity index (χ2n) is 3.57. The van der Waals surface area contributed by atoms with Crippen molar-refractivity contribution in [3.05, 3.63) is 23.8 Å². The minimum absolute atomic E-state index is 0.0161. The number of amides is 1. The number of aryl methyl sites for hydroxylation is 1. The maximum absolute atomic E-state index is 11.4. The maximum atomic E-state index is 11.4. The van der Waals surface area contributed by atoms with Crippen LogP contribution in [0.15, 0.2) is 18.2 Å². The van der Waals surface area contributed by atoms with Crippen LogP contribution in [0, 0.1) is 6.92 Å². The van der Waals surface area contributed by atoms with Crippen molar-refractivity contribution in [1.29, 1.82) is 0 Å². The lowest BCUT2D eigenvalue weighted by molar-refractivity contribution is -0.120. The highest BCUT2D eigenvalue weighted by Gasteiger charge is 2.04. The Balaban J connectivity index is 2.51. The monoisotopic (exact) mass is 238 g/mol. The fraction of sp³-hybridized carbons (Fsp3) is 0.417. The van der Waals surface area contributed by atoms with Crippen molar-refractivity contribution in [3.63, 3.8) is 0 Å². The Morgan fingerprint density at radius 3 is 2.82 bits per heavy atom. The van der Waals surface area contributed by atoms with E-state index in [2.05, 4.69) is 5.32 Å². The van der Waals surface area contributed by atoms with E-state index >= 15 is 0 Å². The number of anilines is 1. The van der Waals surface area contributed by atoms with Gasteiger partial charge in [0.15, 0.2) is 0 Å². The van der Waals surface area contributed by atoms with Crippen LogP contribution in [0.2, 0.25) is 0 Å². The van der Waals surface area contributed by atoms with Crippen LogP contribution in [-0.4, -0.2) is 32.8 Å². The third-order valence-electron chi connectivity index (χ3n) is 2.17. The Kier molecular flexibility index (Phi) is 5.45. The van der Waals surface area contributed by atoms with Gasteiger partial charge in [-0.25, -0.2) is 0 Å². The van der Waals surface area contributed by atoms with Crippen LogP contribution in [0.4, 0.5) is 5.69 Å². The molecule has 1 amide bonds. The topological polar surface area (TPSA) is 73.6 Å². The van der Waals surface area contributed by atoms with Crippen molar-refractivity contribution in [3.8, 4) is 5.75 Å². The molecule has 0 heterocycles. The van der Waals surface area contributed by atoms with Gasteiger partial charge in [0, 0.05) is 12.2 Å². The van der Waals surface area contributed by atoms with Crippen molar-refractivity contribution in [2.75, 3.05) is 32.2 Å². The number of rotatable bonds is 6. The van der Waals surface area contributed by atoms with E-state index in [4.69, 9.17) is 15.2 Å². The number of carbonyl (C=O) groups is 1. The van der Waals surface area contributed by atoms with Gasteiger partial charge in [-0.05, 0) is 30.7 Å². The van der Waals surface area contributed by atoms with Crippen LogP contribution < -0.4 is 15.8 Å². The molecule has 0 fully saturated rings. The van der Waals surface area contributed by atoms with E-state index < -0.39 is 0 Å². The average molecular weight is 238 g/mol. The third kappa shape index (κ3) is 4.42. The fourth-order valence-electron chi connectivity index (χ4n) is 1.40. The molecule has 1 rings (SSSR count). The van der Waals surface area contributed by atoms with Crippen LogP contribution >= 0.6 is 0 Å². The molecule has 0 aromatic heterocycles. The summed E-state index contributed by atoms with van der Waals surface area (Å²) in [6, 6.07) is 5.44. The number of benzene rings is 1. The molecule has 0 unspecified atom stereocenters. The zero-order chi connectivity index (χ0) is 12.7. The van der Waals surface area contributed by atoms with Gasteiger partial charge in [-0.3, -0.25) is 4.79 Å². The van der Waals surface area contributed by atoms with E-state index in [1.807, 2.05) is 19.1 Å². The number of ether oxygens (including phenoxy) is 2. The van der Waals surface area contributed by atoms with Gasteiger partial charge in [0.1, 0.15) is 12.4 Å². The molecule has 0 saturated heterocycles. The van der Waals surface area contributed by atoms with E-state index in [0.29, 0.717) is 13.2 Å². The molecule has 0 aliphatic rings. The quantitative estimate of drug-likeness (QED) is 0.723. The van der Waals surface area contributed by atoms with E-state index in [1.54, 1.807) is 13.2 Å². The summed E-state index contributed by atoms with van der Waals surface area (Å²) >= 11 is 0. The molecule has 1 aromatic carbocycles. The number of nitrogens with two attached hydrogens (primary N) is 1. The van der Waals surface area contributed by atoms with Gasteiger partial charge in [-0.15, -0.1) is 0 Å². The summed E-state index contributed by atoms with van der Waals surface area (Å²) in [5.41, 5.74) is 6.94. The van der Waals surface area contributed by atoms with Crippen LogP contribution in [-0.2, 0) is 9.53 Å². The number of hydrogen-bond donors (Lipinski definition) is 2. The second kappa shape index (κ2) is 6.88. The molecule has 3 N–H and O–H groups in total. The molecule has 5 nitrogen and oxygen atoms in total. The third-order valence-corrected chi connectivity index (χ3v) is 2.17. The Labute approximate surface area is 101 Å². The second-order valence-corrected chi connectivity index (χ2v) is 3.57. The first-order valence-electron chi connectivity index (χ1n) is 5.39. The lowest BCUT2D eigenvalue weighted by Crippen LogP contribution is -2.20. The number of carbonyl (C=O) groups excluding carboxylic acids is 1. The molecule has 94 valence electrons. The van der Waals surface area contributed by atoms with E-state index in [-0.39, 0.29) is 12.5 Å². The summed E-state index contributed by atoms with van der Waals surface area (Å²) in [6.45, 7) is 2.73. The maximum Gasteiger partial charge on any atom is 0.250 e. The van der Waals surface area contributed by atoms with Gasteiger partial charge in [0.25, 0.3) is 0 Å². The van der Waals surface area contributed by atoms with Gasteiger partial charge in [0.05, 0.1) is 13.7 Å². The molecule has 0 bridgehead atoms. The molecule has 0 radical (unpaired) electrons. The van der Waals surface area contributed by atoms with Gasteiger partial charge in [-0.2, -0.15) is 0 Å². The Bertz CT molecular complexity index is 380. The SMILES string of the molecule is COc1ccc(NC(=O)COCCN)cc1C. The Morgan fingerprint density at radius 2 is 2.24 bits per heavy atom. The number of hydrogen-bond acceptors (Lipinski definition) is 4. The smallest absolute Gasteiger partial charge is 0.250 e. The van der Waals surface area contributed by atoms with Gasteiger partial charge in [-0.1, -0.05) is 0 Å². The van der Waals surface area contributed by atoms with Gasteiger partial charge >= 0.3 is 0 Å². The van der Waals surface area contributed by atoms with Gasteiger partial charge < -0.3 is 20.5 Å². The average Bonchev–Trinajstić information content (AvgIpc) is 2.29. The molecule has 17 heavy (non-hydrogen) atoms. The lowest BCUT2D eigenvalue weighted by Gasteiger charge is -2.09. The van der Waals surface area contributed by atoms with Crippen molar-refractivity contribution >= 4 is 11.6 Å². The van der Waals surface area contributed by atoms with E-state index in [9.17, 15) is 4.79 Å². The minimum atomic E-state index is -0.192. The molecule has 1 aromatic rings. The summed E-state index contributed by atoms with van der Waals surface area (Å²) in [7, 11) is 1.61. The van der Waals surface area contributed by atoms with Crippen molar-refractivity contribution in [1.82, 2.24) is 0 Å². The minimum Gasteiger partial charge on any atom is -0.496 e. The number of nitrogens with one attached hydrogen (secondary N) is 1. The van der Waals surface area contributed by atoms with Crippen molar-refractivity contribution < 1.29 is 14.3 Å². The number of methoxy groups -OCH3 is 1. The Morgan fingerprint density at radius 1 is 1.47 bits per heavy atom. The predicted molar refractivity (Wildman–Crippen MR) is 66.2 cm³/mol. The summed E-state index contributed by atoms with van der Waals surface area (Å²) in [6.07, 6.45) is 0. The van der Waals surface area contributed by atoms with Crippen LogP contribution in [0.5, 0.6) is 5.75 Å². The van der Waals surface area contributed by atoms with E-state index in [0.717, 1.165) is 17.0 Å². The first-order valence-corrected chi connectivity index (χ1v) is 5.39. The van der Waals surface area contributed by atoms with Crippen LogP contribution in [0.3, 0.4) is 0 Å². The van der Waals surface area contributed by atoms with Crippen molar-refractivity contribution in [2.24, 2.45) is 5.73 Å². The zero-order valence-electron chi connectivity index (χ0n) is 10.2. The van der Waals surface area contributed by atoms with Gasteiger partial charge in [0.2, 0.25) is 5.91 Å². The lowest BCUT2D eigenvalue weighted by atomic mass is 10.2. The summed E-state index contributed by atoms with van der Waals surface area (Å²) in [5, 5.41) is 2.73. The normalized spacial score (nSPS) is 10.1. The highest BCUT2D eigenvalue weighted by atomic mass is 16.5. The molecular formula is C12H18N2O3. The molecular weight excluding hydrogens is 220 g/mol. The van der Waals surface area contributed by atoms with Crippen LogP contribution in [0.25, 0.3) is 0 Å².